The highest BCUT2D eigenvalue weighted by atomic mass is 19.3. The van der Waals surface area contributed by atoms with Crippen LogP contribution >= 0.6 is 0 Å². The smallest absolute Gasteiger partial charge is 0.269 e. The van der Waals surface area contributed by atoms with Crippen LogP contribution in [0.2, 0.25) is 0 Å². The van der Waals surface area contributed by atoms with E-state index in [1.165, 1.54) is 0 Å². The van der Waals surface area contributed by atoms with Gasteiger partial charge in [0.25, 0.3) is 11.8 Å². The van der Waals surface area contributed by atoms with Crippen molar-refractivity contribution in [3.8, 4) is 5.69 Å². The third kappa shape index (κ3) is 4.77. The zero-order valence-corrected chi connectivity index (χ0v) is 17.9. The number of likely N-dealkylation sites (N-methyl/N-ethyl adjacent to an activating group) is 1. The second-order valence-electron chi connectivity index (χ2n) is 7.88. The van der Waals surface area contributed by atoms with Crippen LogP contribution in [0.25, 0.3) is 5.69 Å². The van der Waals surface area contributed by atoms with E-state index >= 15 is 0 Å². The van der Waals surface area contributed by atoms with E-state index in [9.17, 15) is 18.0 Å². The maximum atomic E-state index is 14.8. The van der Waals surface area contributed by atoms with E-state index in [0.29, 0.717) is 18.5 Å². The average molecular weight is 459 g/mol. The number of carbonyl (C=O) groups excluding carboxylic acids is 1. The Hall–Kier alpha value is -3.60. The number of nitrogens with two attached hydrogens (primary N) is 1. The van der Waals surface area contributed by atoms with Gasteiger partial charge in [-0.05, 0) is 50.2 Å². The number of rotatable bonds is 7. The van der Waals surface area contributed by atoms with Crippen molar-refractivity contribution in [2.24, 2.45) is 5.73 Å². The number of pyridine rings is 1. The quantitative estimate of drug-likeness (QED) is 0.431. The molecule has 4 rings (SSSR count). The van der Waals surface area contributed by atoms with Crippen molar-refractivity contribution in [1.82, 2.24) is 20.1 Å². The lowest BCUT2D eigenvalue weighted by atomic mass is 9.87. The Kier molecular flexibility index (Phi) is 6.23. The normalized spacial score (nSPS) is 19.8. The van der Waals surface area contributed by atoms with Crippen molar-refractivity contribution in [3.05, 3.63) is 60.2 Å². The van der Waals surface area contributed by atoms with Gasteiger partial charge in [0.2, 0.25) is 0 Å². The first-order valence-corrected chi connectivity index (χ1v) is 10.5. The number of amides is 1. The minimum absolute atomic E-state index is 0.0517. The molecule has 33 heavy (non-hydrogen) atoms. The van der Waals surface area contributed by atoms with Gasteiger partial charge in [0, 0.05) is 30.5 Å². The van der Waals surface area contributed by atoms with Crippen LogP contribution in [0, 0.1) is 5.82 Å². The third-order valence-electron chi connectivity index (χ3n) is 5.66. The van der Waals surface area contributed by atoms with Crippen molar-refractivity contribution in [3.63, 3.8) is 0 Å². The maximum absolute atomic E-state index is 14.8. The molecule has 2 atom stereocenters. The molecule has 1 saturated carbocycles. The predicted octanol–water partition coefficient (Wildman–Crippen LogP) is 3.44. The zero-order valence-electron chi connectivity index (χ0n) is 17.9. The topological polar surface area (TPSA) is 110 Å². The molecule has 8 nitrogen and oxygen atoms in total. The van der Waals surface area contributed by atoms with Gasteiger partial charge in [-0.25, -0.2) is 22.8 Å². The number of carbonyl (C=O) groups is 1. The molecule has 1 aromatic carbocycles. The number of benzene rings is 1. The lowest BCUT2D eigenvalue weighted by Gasteiger charge is -2.38. The molecule has 3 aromatic rings. The Labute approximate surface area is 188 Å². The van der Waals surface area contributed by atoms with E-state index in [1.54, 1.807) is 48.4 Å². The second-order valence-corrected chi connectivity index (χ2v) is 7.88. The Morgan fingerprint density at radius 3 is 2.76 bits per heavy atom. The van der Waals surface area contributed by atoms with Crippen molar-refractivity contribution in [2.75, 3.05) is 17.7 Å². The van der Waals surface area contributed by atoms with Crippen LogP contribution in [0.5, 0.6) is 0 Å². The molecule has 0 aliphatic heterocycles. The maximum Gasteiger partial charge on any atom is 0.269 e. The van der Waals surface area contributed by atoms with Gasteiger partial charge in [0.1, 0.15) is 11.9 Å². The number of alkyl halides is 2. The van der Waals surface area contributed by atoms with Gasteiger partial charge >= 0.3 is 0 Å². The highest BCUT2D eigenvalue weighted by Gasteiger charge is 2.47. The van der Waals surface area contributed by atoms with Crippen LogP contribution in [-0.2, 0) is 0 Å². The monoisotopic (exact) mass is 459 g/mol. The Morgan fingerprint density at radius 1 is 1.24 bits per heavy atom. The fourth-order valence-corrected chi connectivity index (χ4v) is 4.00. The Balaban J connectivity index is 1.68. The molecular formula is C22H24F3N7O. The SMILES string of the molecule is CNC1CCCC(F)(F)[C@H]1Nc1nc(Nc2cccc(-n3cccn3)c2)c(C(N)=O)cc1F. The summed E-state index contributed by atoms with van der Waals surface area (Å²) in [4.78, 5) is 16.1. The molecule has 1 aliphatic rings. The first kappa shape index (κ1) is 22.6. The number of primary amides is 1. The van der Waals surface area contributed by atoms with Crippen LogP contribution in [0.15, 0.2) is 48.8 Å². The molecule has 1 amide bonds. The standard InChI is InChI=1S/C22H24F3N7O/c1-27-17-7-3-8-22(24,25)18(17)30-21-16(23)12-15(19(26)33)20(31-21)29-13-5-2-6-14(11-13)32-10-4-9-28-32/h2,4-6,9-12,17-18,27H,3,7-8H2,1H3,(H2,26,33)(H2,29,30,31)/t17?,18-/m0/s1. The van der Waals surface area contributed by atoms with E-state index < -0.39 is 35.5 Å². The molecule has 11 heteroatoms. The number of hydrogen-bond acceptors (Lipinski definition) is 6. The minimum atomic E-state index is -3.06. The van der Waals surface area contributed by atoms with Crippen LogP contribution < -0.4 is 21.7 Å². The predicted molar refractivity (Wildman–Crippen MR) is 119 cm³/mol. The molecule has 0 saturated heterocycles. The van der Waals surface area contributed by atoms with E-state index in [0.717, 1.165) is 11.8 Å². The molecule has 0 radical (unpaired) electrons. The number of nitrogens with one attached hydrogen (secondary N) is 3. The average Bonchev–Trinajstić information content (AvgIpc) is 3.32. The summed E-state index contributed by atoms with van der Waals surface area (Å²) >= 11 is 0. The van der Waals surface area contributed by atoms with Gasteiger partial charge in [-0.15, -0.1) is 0 Å². The van der Waals surface area contributed by atoms with Crippen LogP contribution in [0.3, 0.4) is 0 Å². The molecule has 0 spiro atoms. The van der Waals surface area contributed by atoms with Crippen LogP contribution in [0.4, 0.5) is 30.5 Å². The van der Waals surface area contributed by atoms with Gasteiger partial charge in [-0.3, -0.25) is 4.79 Å². The van der Waals surface area contributed by atoms with E-state index in [2.05, 4.69) is 26.0 Å². The largest absolute Gasteiger partial charge is 0.365 e. The summed E-state index contributed by atoms with van der Waals surface area (Å²) in [6.45, 7) is 0. The molecule has 1 fully saturated rings. The molecule has 1 unspecified atom stereocenters. The summed E-state index contributed by atoms with van der Waals surface area (Å²) in [5, 5.41) is 12.5. The highest BCUT2D eigenvalue weighted by molar-refractivity contribution is 5.98. The molecule has 5 N–H and O–H groups in total. The number of halogens is 3. The van der Waals surface area contributed by atoms with Gasteiger partial charge < -0.3 is 21.7 Å². The summed E-state index contributed by atoms with van der Waals surface area (Å²) in [5.74, 6) is -5.36. The highest BCUT2D eigenvalue weighted by Crippen LogP contribution is 2.36. The minimum Gasteiger partial charge on any atom is -0.365 e. The van der Waals surface area contributed by atoms with E-state index in [1.807, 2.05) is 6.07 Å². The van der Waals surface area contributed by atoms with Gasteiger partial charge in [0.05, 0.1) is 11.3 Å². The Morgan fingerprint density at radius 2 is 2.06 bits per heavy atom. The molecular weight excluding hydrogens is 435 g/mol. The van der Waals surface area contributed by atoms with Gasteiger partial charge in [0.15, 0.2) is 11.6 Å². The number of hydrogen-bond donors (Lipinski definition) is 4. The fourth-order valence-electron chi connectivity index (χ4n) is 4.00. The molecule has 174 valence electrons. The van der Waals surface area contributed by atoms with E-state index in [-0.39, 0.29) is 17.8 Å². The van der Waals surface area contributed by atoms with Crippen molar-refractivity contribution in [2.45, 2.75) is 37.3 Å². The lowest BCUT2D eigenvalue weighted by Crippen LogP contribution is -2.56. The molecule has 2 aromatic heterocycles. The van der Waals surface area contributed by atoms with Crippen molar-refractivity contribution < 1.29 is 18.0 Å². The summed E-state index contributed by atoms with van der Waals surface area (Å²) in [5.41, 5.74) is 6.46. The number of nitrogens with zero attached hydrogens (tertiary/aromatic N) is 3. The van der Waals surface area contributed by atoms with E-state index in [4.69, 9.17) is 5.73 Å². The third-order valence-corrected chi connectivity index (χ3v) is 5.66. The molecule has 0 bridgehead atoms. The zero-order chi connectivity index (χ0) is 23.6. The van der Waals surface area contributed by atoms with Gasteiger partial charge in [-0.1, -0.05) is 6.07 Å². The number of aromatic nitrogens is 3. The first-order valence-electron chi connectivity index (χ1n) is 10.5. The van der Waals surface area contributed by atoms with Crippen LogP contribution in [-0.4, -0.2) is 45.7 Å². The summed E-state index contributed by atoms with van der Waals surface area (Å²) in [6.07, 6.45) is 3.94. The summed E-state index contributed by atoms with van der Waals surface area (Å²) in [6, 6.07) is 7.75. The fraction of sp³-hybridized carbons (Fsp3) is 0.318. The van der Waals surface area contributed by atoms with Gasteiger partial charge in [-0.2, -0.15) is 5.10 Å². The number of anilines is 3. The lowest BCUT2D eigenvalue weighted by molar-refractivity contribution is -0.0550. The second kappa shape index (κ2) is 9.10. The summed E-state index contributed by atoms with van der Waals surface area (Å²) < 4.78 is 45.6. The van der Waals surface area contributed by atoms with Crippen molar-refractivity contribution >= 4 is 23.2 Å². The summed E-state index contributed by atoms with van der Waals surface area (Å²) in [7, 11) is 1.58. The molecule has 2 heterocycles. The first-order chi connectivity index (χ1) is 15.8. The Bertz CT molecular complexity index is 1140. The molecule has 1 aliphatic carbocycles. The van der Waals surface area contributed by atoms with Crippen LogP contribution in [0.1, 0.15) is 29.6 Å². The van der Waals surface area contributed by atoms with Crippen molar-refractivity contribution in [1.29, 1.82) is 0 Å².